The van der Waals surface area contributed by atoms with Crippen molar-refractivity contribution < 1.29 is 5.11 Å². The third kappa shape index (κ3) is 9.91. The molecule has 1 aromatic heterocycles. The molecular weight excluding hydrogens is 222 g/mol. The Morgan fingerprint density at radius 1 is 1.17 bits per heavy atom. The van der Waals surface area contributed by atoms with Gasteiger partial charge in [0.05, 0.1) is 6.61 Å². The Hall–Kier alpha value is -0.0900. The van der Waals surface area contributed by atoms with E-state index in [-0.39, 0.29) is 0 Å². The molecule has 1 heterocycles. The third-order valence-corrected chi connectivity index (χ3v) is 1.02. The maximum atomic E-state index is 8.01. The van der Waals surface area contributed by atoms with Gasteiger partial charge >= 0.3 is 0 Å². The van der Waals surface area contributed by atoms with Crippen LogP contribution in [0.3, 0.4) is 0 Å². The van der Waals surface area contributed by atoms with E-state index in [2.05, 4.69) is 9.97 Å². The van der Waals surface area contributed by atoms with E-state index in [1.807, 2.05) is 0 Å². The van der Waals surface area contributed by atoms with Gasteiger partial charge < -0.3 is 5.11 Å². The molecule has 1 rings (SSSR count). The van der Waals surface area contributed by atoms with Gasteiger partial charge in [-0.15, -0.1) is 0 Å². The first-order valence-corrected chi connectivity index (χ1v) is 4.07. The van der Waals surface area contributed by atoms with E-state index in [0.717, 1.165) is 0 Å². The second kappa shape index (κ2) is 6.43. The van der Waals surface area contributed by atoms with Crippen molar-refractivity contribution in [1.82, 2.24) is 9.97 Å². The number of halogens is 3. The minimum absolute atomic E-state index is 0.433. The highest BCUT2D eigenvalue weighted by Gasteiger charge is 2.16. The first-order chi connectivity index (χ1) is 5.56. The van der Waals surface area contributed by atoms with Crippen molar-refractivity contribution in [3.63, 3.8) is 0 Å². The molecule has 12 heavy (non-hydrogen) atoms. The Morgan fingerprint density at radius 2 is 1.58 bits per heavy atom. The summed E-state index contributed by atoms with van der Waals surface area (Å²) in [6.45, 7) is -0.433. The van der Waals surface area contributed by atoms with Gasteiger partial charge in [-0.3, -0.25) is 0 Å². The summed E-state index contributed by atoms with van der Waals surface area (Å²) in [5, 5.41) is 8.01. The molecule has 0 saturated carbocycles. The van der Waals surface area contributed by atoms with Crippen LogP contribution in [-0.2, 0) is 0 Å². The SMILES string of the molecule is OCC(Cl)(Cl)Cl.c1cncnc1. The van der Waals surface area contributed by atoms with Crippen LogP contribution in [0.1, 0.15) is 0 Å². The van der Waals surface area contributed by atoms with E-state index >= 15 is 0 Å². The van der Waals surface area contributed by atoms with Gasteiger partial charge in [-0.05, 0) is 6.07 Å². The molecule has 0 saturated heterocycles. The summed E-state index contributed by atoms with van der Waals surface area (Å²) in [4.78, 5) is 7.35. The summed E-state index contributed by atoms with van der Waals surface area (Å²) >= 11 is 15.0. The molecular formula is C6H7Cl3N2O. The van der Waals surface area contributed by atoms with Gasteiger partial charge in [-0.25, -0.2) is 9.97 Å². The van der Waals surface area contributed by atoms with E-state index in [4.69, 9.17) is 39.9 Å². The van der Waals surface area contributed by atoms with Crippen molar-refractivity contribution in [1.29, 1.82) is 0 Å². The molecule has 6 heteroatoms. The Balaban J connectivity index is 0.000000202. The van der Waals surface area contributed by atoms with Crippen LogP contribution < -0.4 is 0 Å². The number of hydrogen-bond acceptors (Lipinski definition) is 3. The van der Waals surface area contributed by atoms with E-state index in [1.54, 1.807) is 18.5 Å². The van der Waals surface area contributed by atoms with Crippen LogP contribution in [0.5, 0.6) is 0 Å². The first kappa shape index (κ1) is 11.9. The van der Waals surface area contributed by atoms with Gasteiger partial charge in [0.15, 0.2) is 0 Å². The molecule has 0 aliphatic rings. The van der Waals surface area contributed by atoms with Crippen LogP contribution in [0.25, 0.3) is 0 Å². The van der Waals surface area contributed by atoms with Gasteiger partial charge in [0.1, 0.15) is 6.33 Å². The molecule has 68 valence electrons. The maximum absolute atomic E-state index is 8.01. The standard InChI is InChI=1S/C4H4N2.C2H3Cl3O/c1-2-5-4-6-3-1;3-2(4,5)1-6/h1-4H;6H,1H2. The molecule has 0 aromatic carbocycles. The number of nitrogens with zero attached hydrogens (tertiary/aromatic N) is 2. The largest absolute Gasteiger partial charge is 0.392 e. The highest BCUT2D eigenvalue weighted by Crippen LogP contribution is 2.23. The average molecular weight is 229 g/mol. The average Bonchev–Trinajstić information content (AvgIpc) is 2.07. The number of rotatable bonds is 0. The number of aromatic nitrogens is 2. The molecule has 0 unspecified atom stereocenters. The fourth-order valence-electron chi connectivity index (χ4n) is 0.253. The van der Waals surface area contributed by atoms with Crippen molar-refractivity contribution in [3.8, 4) is 0 Å². The predicted molar refractivity (Wildman–Crippen MR) is 49.4 cm³/mol. The lowest BCUT2D eigenvalue weighted by Crippen LogP contribution is -2.06. The molecule has 3 nitrogen and oxygen atoms in total. The lowest BCUT2D eigenvalue weighted by atomic mass is 10.7. The van der Waals surface area contributed by atoms with Crippen molar-refractivity contribution >= 4 is 34.8 Å². The Bertz CT molecular complexity index is 163. The van der Waals surface area contributed by atoms with E-state index in [9.17, 15) is 0 Å². The molecule has 0 aliphatic heterocycles. The lowest BCUT2D eigenvalue weighted by Gasteiger charge is -2.01. The van der Waals surface area contributed by atoms with Crippen molar-refractivity contribution in [3.05, 3.63) is 24.8 Å². The zero-order valence-electron chi connectivity index (χ0n) is 5.99. The number of aliphatic hydroxyl groups is 1. The second-order valence-electron chi connectivity index (χ2n) is 1.68. The van der Waals surface area contributed by atoms with Crippen LogP contribution in [0.2, 0.25) is 0 Å². The molecule has 0 aliphatic carbocycles. The fraction of sp³-hybridized carbons (Fsp3) is 0.333. The van der Waals surface area contributed by atoms with Gasteiger partial charge in [0, 0.05) is 12.4 Å². The second-order valence-corrected chi connectivity index (χ2v) is 4.19. The van der Waals surface area contributed by atoms with E-state index in [1.165, 1.54) is 6.33 Å². The molecule has 0 amide bonds. The molecule has 0 radical (unpaired) electrons. The van der Waals surface area contributed by atoms with Gasteiger partial charge in [-0.2, -0.15) is 0 Å². The molecule has 0 fully saturated rings. The van der Waals surface area contributed by atoms with Gasteiger partial charge in [0.25, 0.3) is 0 Å². The summed E-state index contributed by atoms with van der Waals surface area (Å²) in [5.41, 5.74) is 0. The Labute approximate surface area is 85.3 Å². The summed E-state index contributed by atoms with van der Waals surface area (Å²) in [6.07, 6.45) is 4.88. The molecule has 1 N–H and O–H groups in total. The maximum Gasteiger partial charge on any atom is 0.213 e. The number of aliphatic hydroxyl groups excluding tert-OH is 1. The summed E-state index contributed by atoms with van der Waals surface area (Å²) < 4.78 is -1.49. The minimum atomic E-state index is -1.49. The molecule has 1 aromatic rings. The Kier molecular flexibility index (Phi) is 6.38. The van der Waals surface area contributed by atoms with E-state index in [0.29, 0.717) is 0 Å². The normalized spacial score (nSPS) is 10.0. The van der Waals surface area contributed by atoms with Crippen molar-refractivity contribution in [2.75, 3.05) is 6.61 Å². The quantitative estimate of drug-likeness (QED) is 0.690. The zero-order valence-corrected chi connectivity index (χ0v) is 8.26. The predicted octanol–water partition coefficient (Wildman–Crippen LogP) is 1.83. The third-order valence-electron chi connectivity index (χ3n) is 0.657. The van der Waals surface area contributed by atoms with Crippen LogP contribution in [0.15, 0.2) is 24.8 Å². The van der Waals surface area contributed by atoms with Crippen LogP contribution >= 0.6 is 34.8 Å². The fourth-order valence-corrected chi connectivity index (χ4v) is 0.253. The van der Waals surface area contributed by atoms with E-state index < -0.39 is 10.4 Å². The number of alkyl halides is 3. The number of hydrogen-bond donors (Lipinski definition) is 1. The zero-order chi connectivity index (χ0) is 9.45. The summed E-state index contributed by atoms with van der Waals surface area (Å²) in [6, 6.07) is 1.78. The Morgan fingerprint density at radius 3 is 1.67 bits per heavy atom. The molecule has 0 atom stereocenters. The summed E-state index contributed by atoms with van der Waals surface area (Å²) in [7, 11) is 0. The minimum Gasteiger partial charge on any atom is -0.392 e. The highest BCUT2D eigenvalue weighted by molar-refractivity contribution is 6.67. The van der Waals surface area contributed by atoms with Crippen LogP contribution in [-0.4, -0.2) is 25.5 Å². The highest BCUT2D eigenvalue weighted by atomic mass is 35.6. The topological polar surface area (TPSA) is 46.0 Å². The van der Waals surface area contributed by atoms with Crippen LogP contribution in [0.4, 0.5) is 0 Å². The van der Waals surface area contributed by atoms with Crippen molar-refractivity contribution in [2.45, 2.75) is 3.79 Å². The lowest BCUT2D eigenvalue weighted by molar-refractivity contribution is 0.303. The van der Waals surface area contributed by atoms with Gasteiger partial charge in [-0.1, -0.05) is 34.8 Å². The monoisotopic (exact) mass is 228 g/mol. The molecule has 0 spiro atoms. The van der Waals surface area contributed by atoms with Crippen LogP contribution in [0, 0.1) is 0 Å². The van der Waals surface area contributed by atoms with Gasteiger partial charge in [0.2, 0.25) is 3.79 Å². The molecule has 0 bridgehead atoms. The first-order valence-electron chi connectivity index (χ1n) is 2.94. The summed E-state index contributed by atoms with van der Waals surface area (Å²) in [5.74, 6) is 0. The smallest absolute Gasteiger partial charge is 0.213 e. The van der Waals surface area contributed by atoms with Crippen molar-refractivity contribution in [2.24, 2.45) is 0 Å².